The van der Waals surface area contributed by atoms with Crippen LogP contribution in [0.15, 0.2) is 12.1 Å². The van der Waals surface area contributed by atoms with E-state index in [9.17, 15) is 9.59 Å². The summed E-state index contributed by atoms with van der Waals surface area (Å²) in [6, 6.07) is 2.73. The third-order valence-corrected chi connectivity index (χ3v) is 3.35. The number of carbonyl (C=O) groups is 2. The number of carboxylic acid groups (broad SMARTS) is 1. The van der Waals surface area contributed by atoms with Crippen LogP contribution in [0.5, 0.6) is 0 Å². The molecule has 2 heterocycles. The first-order valence-corrected chi connectivity index (χ1v) is 6.47. The smallest absolute Gasteiger partial charge is 0.305 e. The van der Waals surface area contributed by atoms with Crippen molar-refractivity contribution >= 4 is 23.5 Å². The number of aliphatic carboxylic acids is 1. The summed E-state index contributed by atoms with van der Waals surface area (Å²) in [4.78, 5) is 24.7. The van der Waals surface area contributed by atoms with Gasteiger partial charge in [-0.2, -0.15) is 0 Å². The fourth-order valence-electron chi connectivity index (χ4n) is 2.26. The van der Waals surface area contributed by atoms with Gasteiger partial charge < -0.3 is 10.0 Å². The van der Waals surface area contributed by atoms with Crippen LogP contribution in [-0.4, -0.2) is 44.7 Å². The number of carbonyl (C=O) groups excluding carboxylic acids is 1. The molecule has 0 radical (unpaired) electrons. The largest absolute Gasteiger partial charge is 0.481 e. The summed E-state index contributed by atoms with van der Waals surface area (Å²) < 4.78 is 0. The molecule has 1 aliphatic heterocycles. The van der Waals surface area contributed by atoms with Crippen molar-refractivity contribution < 1.29 is 14.7 Å². The van der Waals surface area contributed by atoms with Crippen LogP contribution in [-0.2, 0) is 4.79 Å². The van der Waals surface area contributed by atoms with E-state index in [1.165, 1.54) is 12.1 Å². The molecular formula is C12H14ClN3O3. The minimum absolute atomic E-state index is 0.0350. The molecule has 19 heavy (non-hydrogen) atoms. The van der Waals surface area contributed by atoms with Gasteiger partial charge in [0, 0.05) is 12.6 Å². The SMILES string of the molecule is O=C(O)CC1CCCCN1C(=O)c1ccc(Cl)nn1. The lowest BCUT2D eigenvalue weighted by atomic mass is 9.99. The van der Waals surface area contributed by atoms with Crippen molar-refractivity contribution in [3.63, 3.8) is 0 Å². The lowest BCUT2D eigenvalue weighted by Crippen LogP contribution is -2.45. The molecule has 1 fully saturated rings. The zero-order chi connectivity index (χ0) is 13.8. The van der Waals surface area contributed by atoms with E-state index in [0.29, 0.717) is 13.0 Å². The van der Waals surface area contributed by atoms with E-state index in [0.717, 1.165) is 12.8 Å². The Bertz CT molecular complexity index is 478. The summed E-state index contributed by atoms with van der Waals surface area (Å²) >= 11 is 5.62. The monoisotopic (exact) mass is 283 g/mol. The molecular weight excluding hydrogens is 270 g/mol. The second-order valence-electron chi connectivity index (χ2n) is 4.49. The maximum Gasteiger partial charge on any atom is 0.305 e. The van der Waals surface area contributed by atoms with Crippen LogP contribution in [0, 0.1) is 0 Å². The van der Waals surface area contributed by atoms with Crippen molar-refractivity contribution in [3.8, 4) is 0 Å². The van der Waals surface area contributed by atoms with Crippen LogP contribution in [0.2, 0.25) is 5.15 Å². The van der Waals surface area contributed by atoms with Crippen LogP contribution in [0.4, 0.5) is 0 Å². The Morgan fingerprint density at radius 2 is 2.16 bits per heavy atom. The molecule has 0 bridgehead atoms. The van der Waals surface area contributed by atoms with Crippen molar-refractivity contribution in [1.29, 1.82) is 0 Å². The number of halogens is 1. The van der Waals surface area contributed by atoms with Crippen molar-refractivity contribution in [3.05, 3.63) is 23.0 Å². The lowest BCUT2D eigenvalue weighted by Gasteiger charge is -2.34. The molecule has 0 aromatic carbocycles. The molecule has 1 aliphatic rings. The minimum atomic E-state index is -0.896. The molecule has 1 saturated heterocycles. The van der Waals surface area contributed by atoms with Crippen molar-refractivity contribution in [1.82, 2.24) is 15.1 Å². The predicted octanol–water partition coefficient (Wildman–Crippen LogP) is 1.60. The van der Waals surface area contributed by atoms with Crippen molar-refractivity contribution in [2.75, 3.05) is 6.54 Å². The van der Waals surface area contributed by atoms with Gasteiger partial charge in [0.05, 0.1) is 6.42 Å². The molecule has 1 unspecified atom stereocenters. The molecule has 0 aliphatic carbocycles. The highest BCUT2D eigenvalue weighted by molar-refractivity contribution is 6.29. The van der Waals surface area contributed by atoms with Gasteiger partial charge in [-0.15, -0.1) is 10.2 Å². The fraction of sp³-hybridized carbons (Fsp3) is 0.500. The maximum atomic E-state index is 12.3. The Balaban J connectivity index is 2.15. The van der Waals surface area contributed by atoms with Gasteiger partial charge in [-0.3, -0.25) is 9.59 Å². The molecule has 1 aromatic rings. The Labute approximate surface area is 115 Å². The Hall–Kier alpha value is -1.69. The molecule has 0 spiro atoms. The van der Waals surface area contributed by atoms with Gasteiger partial charge in [0.2, 0.25) is 0 Å². The van der Waals surface area contributed by atoms with Crippen LogP contribution in [0.1, 0.15) is 36.2 Å². The standard InChI is InChI=1S/C12H14ClN3O3/c13-10-5-4-9(14-15-10)12(19)16-6-2-1-3-8(16)7-11(17)18/h4-5,8H,1-3,6-7H2,(H,17,18). The highest BCUT2D eigenvalue weighted by atomic mass is 35.5. The molecule has 1 N–H and O–H groups in total. The van der Waals surface area contributed by atoms with Gasteiger partial charge in [0.15, 0.2) is 10.8 Å². The van der Waals surface area contributed by atoms with E-state index < -0.39 is 5.97 Å². The molecule has 2 rings (SSSR count). The summed E-state index contributed by atoms with van der Waals surface area (Å²) in [5, 5.41) is 16.5. The second-order valence-corrected chi connectivity index (χ2v) is 4.87. The van der Waals surface area contributed by atoms with Crippen LogP contribution >= 0.6 is 11.6 Å². The van der Waals surface area contributed by atoms with Gasteiger partial charge in [-0.05, 0) is 31.4 Å². The minimum Gasteiger partial charge on any atom is -0.481 e. The van der Waals surface area contributed by atoms with Gasteiger partial charge in [-0.1, -0.05) is 11.6 Å². The van der Waals surface area contributed by atoms with Gasteiger partial charge >= 0.3 is 5.97 Å². The van der Waals surface area contributed by atoms with E-state index in [2.05, 4.69) is 10.2 Å². The number of hydrogen-bond donors (Lipinski definition) is 1. The average Bonchev–Trinajstić information content (AvgIpc) is 2.39. The van der Waals surface area contributed by atoms with E-state index >= 15 is 0 Å². The summed E-state index contributed by atoms with van der Waals surface area (Å²) in [6.07, 6.45) is 2.49. The van der Waals surface area contributed by atoms with E-state index in [4.69, 9.17) is 16.7 Å². The first-order valence-electron chi connectivity index (χ1n) is 6.10. The Kier molecular flexibility index (Phi) is 4.31. The molecule has 1 atom stereocenters. The maximum absolute atomic E-state index is 12.3. The molecule has 102 valence electrons. The number of hydrogen-bond acceptors (Lipinski definition) is 4. The lowest BCUT2D eigenvalue weighted by molar-refractivity contribution is -0.138. The summed E-state index contributed by atoms with van der Waals surface area (Å²) in [6.45, 7) is 0.557. The van der Waals surface area contributed by atoms with Crippen LogP contribution < -0.4 is 0 Å². The normalized spacial score (nSPS) is 19.2. The zero-order valence-corrected chi connectivity index (χ0v) is 11.0. The van der Waals surface area contributed by atoms with Crippen molar-refractivity contribution in [2.24, 2.45) is 0 Å². The van der Waals surface area contributed by atoms with Gasteiger partial charge in [-0.25, -0.2) is 0 Å². The quantitative estimate of drug-likeness (QED) is 0.911. The third kappa shape index (κ3) is 3.41. The number of aromatic nitrogens is 2. The Morgan fingerprint density at radius 1 is 1.37 bits per heavy atom. The molecule has 0 saturated carbocycles. The summed E-state index contributed by atoms with van der Waals surface area (Å²) in [5.74, 6) is -1.18. The fourth-order valence-corrected chi connectivity index (χ4v) is 2.36. The zero-order valence-electron chi connectivity index (χ0n) is 10.3. The van der Waals surface area contributed by atoms with Crippen molar-refractivity contribution in [2.45, 2.75) is 31.7 Å². The Morgan fingerprint density at radius 3 is 2.79 bits per heavy atom. The molecule has 6 nitrogen and oxygen atoms in total. The van der Waals surface area contributed by atoms with E-state index in [1.807, 2.05) is 0 Å². The first kappa shape index (κ1) is 13.7. The van der Waals surface area contributed by atoms with E-state index in [1.54, 1.807) is 4.90 Å². The average molecular weight is 284 g/mol. The van der Waals surface area contributed by atoms with Gasteiger partial charge in [0.1, 0.15) is 0 Å². The molecule has 7 heteroatoms. The summed E-state index contributed by atoms with van der Waals surface area (Å²) in [7, 11) is 0. The highest BCUT2D eigenvalue weighted by Crippen LogP contribution is 2.21. The predicted molar refractivity (Wildman–Crippen MR) is 68.0 cm³/mol. The van der Waals surface area contributed by atoms with E-state index in [-0.39, 0.29) is 29.2 Å². The third-order valence-electron chi connectivity index (χ3n) is 3.15. The number of nitrogens with zero attached hydrogens (tertiary/aromatic N) is 3. The molecule has 1 amide bonds. The van der Waals surface area contributed by atoms with Crippen LogP contribution in [0.25, 0.3) is 0 Å². The summed E-state index contributed by atoms with van der Waals surface area (Å²) in [5.41, 5.74) is 0.196. The number of likely N-dealkylation sites (tertiary alicyclic amines) is 1. The number of amides is 1. The molecule has 1 aromatic heterocycles. The topological polar surface area (TPSA) is 83.4 Å². The number of rotatable bonds is 3. The number of carboxylic acids is 1. The van der Waals surface area contributed by atoms with Gasteiger partial charge in [0.25, 0.3) is 5.91 Å². The number of piperidine rings is 1. The first-order chi connectivity index (χ1) is 9.08. The van der Waals surface area contributed by atoms with Crippen LogP contribution in [0.3, 0.4) is 0 Å². The second kappa shape index (κ2) is 5.97. The highest BCUT2D eigenvalue weighted by Gasteiger charge is 2.29.